The Hall–Kier alpha value is -0.240. The van der Waals surface area contributed by atoms with E-state index in [1.54, 1.807) is 0 Å². The highest BCUT2D eigenvalue weighted by molar-refractivity contribution is 4.88. The third-order valence-corrected chi connectivity index (χ3v) is 2.08. The highest BCUT2D eigenvalue weighted by Crippen LogP contribution is 2.20. The second-order valence-electron chi connectivity index (χ2n) is 2.93. The number of rotatable bonds is 2. The summed E-state index contributed by atoms with van der Waals surface area (Å²) < 4.78 is 9.65. The fraction of sp³-hybridized carbons (Fsp3) is 1.00. The van der Waals surface area contributed by atoms with Gasteiger partial charge in [0.2, 0.25) is 0 Å². The minimum atomic E-state index is -1.36. The SMILES string of the molecule is CO[C@@H]1O[C@H](CO)[C@H](O)C(O)[C@H]1O. The summed E-state index contributed by atoms with van der Waals surface area (Å²) in [5, 5.41) is 36.6. The molecular weight excluding hydrogens is 180 g/mol. The summed E-state index contributed by atoms with van der Waals surface area (Å²) in [6.45, 7) is -0.440. The van der Waals surface area contributed by atoms with Gasteiger partial charge in [-0.25, -0.2) is 0 Å². The van der Waals surface area contributed by atoms with E-state index in [0.717, 1.165) is 0 Å². The third kappa shape index (κ3) is 1.98. The second kappa shape index (κ2) is 4.32. The van der Waals surface area contributed by atoms with Crippen LogP contribution < -0.4 is 0 Å². The minimum Gasteiger partial charge on any atom is -0.394 e. The van der Waals surface area contributed by atoms with Gasteiger partial charge in [0, 0.05) is 7.11 Å². The van der Waals surface area contributed by atoms with Crippen molar-refractivity contribution in [3.05, 3.63) is 0 Å². The van der Waals surface area contributed by atoms with E-state index < -0.39 is 37.3 Å². The van der Waals surface area contributed by atoms with Gasteiger partial charge >= 0.3 is 0 Å². The molecule has 0 amide bonds. The Morgan fingerprint density at radius 2 is 1.77 bits per heavy atom. The van der Waals surface area contributed by atoms with Gasteiger partial charge in [-0.05, 0) is 0 Å². The largest absolute Gasteiger partial charge is 0.394 e. The van der Waals surface area contributed by atoms with E-state index >= 15 is 0 Å². The van der Waals surface area contributed by atoms with Crippen LogP contribution >= 0.6 is 0 Å². The van der Waals surface area contributed by atoms with Gasteiger partial charge in [0.1, 0.15) is 24.4 Å². The van der Waals surface area contributed by atoms with Crippen molar-refractivity contribution in [2.75, 3.05) is 13.7 Å². The molecule has 1 unspecified atom stereocenters. The number of ether oxygens (including phenoxy) is 2. The van der Waals surface area contributed by atoms with Crippen molar-refractivity contribution in [1.82, 2.24) is 0 Å². The Morgan fingerprint density at radius 3 is 2.23 bits per heavy atom. The van der Waals surface area contributed by atoms with Crippen LogP contribution in [0.15, 0.2) is 0 Å². The van der Waals surface area contributed by atoms with Crippen molar-refractivity contribution in [2.24, 2.45) is 0 Å². The summed E-state index contributed by atoms with van der Waals surface area (Å²) >= 11 is 0. The number of aliphatic hydroxyl groups is 4. The molecule has 1 aliphatic rings. The van der Waals surface area contributed by atoms with Gasteiger partial charge in [0.05, 0.1) is 6.61 Å². The molecule has 5 atom stereocenters. The zero-order chi connectivity index (χ0) is 10.0. The summed E-state index contributed by atoms with van der Waals surface area (Å²) in [7, 11) is 1.30. The standard InChI is InChI=1S/C7H14O6/c1-12-7-6(11)5(10)4(9)3(2-8)13-7/h3-11H,2H2,1H3/t3-,4+,5?,6-,7-/m1/s1. The molecule has 1 rings (SSSR count). The van der Waals surface area contributed by atoms with Crippen LogP contribution in [0.1, 0.15) is 0 Å². The minimum absolute atomic E-state index is 0.440. The maximum atomic E-state index is 9.28. The van der Waals surface area contributed by atoms with E-state index in [0.29, 0.717) is 0 Å². The Kier molecular flexibility index (Phi) is 3.60. The highest BCUT2D eigenvalue weighted by atomic mass is 16.7. The predicted molar refractivity (Wildman–Crippen MR) is 40.8 cm³/mol. The van der Waals surface area contributed by atoms with Crippen LogP contribution in [0.4, 0.5) is 0 Å². The zero-order valence-corrected chi connectivity index (χ0v) is 7.20. The molecule has 78 valence electrons. The van der Waals surface area contributed by atoms with E-state index in [4.69, 9.17) is 14.6 Å². The molecule has 0 aromatic carbocycles. The molecule has 0 aromatic heterocycles. The lowest BCUT2D eigenvalue weighted by Gasteiger charge is -2.38. The van der Waals surface area contributed by atoms with E-state index in [9.17, 15) is 15.3 Å². The smallest absolute Gasteiger partial charge is 0.186 e. The molecule has 0 saturated carbocycles. The molecular formula is C7H14O6. The van der Waals surface area contributed by atoms with Gasteiger partial charge in [0.25, 0.3) is 0 Å². The summed E-state index contributed by atoms with van der Waals surface area (Å²) in [4.78, 5) is 0. The van der Waals surface area contributed by atoms with Crippen LogP contribution in [-0.2, 0) is 9.47 Å². The molecule has 1 saturated heterocycles. The molecule has 4 N–H and O–H groups in total. The van der Waals surface area contributed by atoms with Crippen LogP contribution in [0.2, 0.25) is 0 Å². The number of hydrogen-bond donors (Lipinski definition) is 4. The Morgan fingerprint density at radius 1 is 1.15 bits per heavy atom. The number of methoxy groups -OCH3 is 1. The van der Waals surface area contributed by atoms with E-state index in [1.807, 2.05) is 0 Å². The lowest BCUT2D eigenvalue weighted by Crippen LogP contribution is -2.58. The molecule has 1 heterocycles. The summed E-state index contributed by atoms with van der Waals surface area (Å²) in [5.74, 6) is 0. The first-order chi connectivity index (χ1) is 6.11. The highest BCUT2D eigenvalue weighted by Gasteiger charge is 2.43. The van der Waals surface area contributed by atoms with Crippen LogP contribution in [0, 0.1) is 0 Å². The van der Waals surface area contributed by atoms with Crippen LogP contribution in [0.5, 0.6) is 0 Å². The molecule has 1 fully saturated rings. The lowest BCUT2D eigenvalue weighted by molar-refractivity contribution is -0.294. The maximum absolute atomic E-state index is 9.28. The fourth-order valence-electron chi connectivity index (χ4n) is 1.26. The van der Waals surface area contributed by atoms with Gasteiger partial charge in [0.15, 0.2) is 6.29 Å². The van der Waals surface area contributed by atoms with Gasteiger partial charge in [-0.2, -0.15) is 0 Å². The first-order valence-corrected chi connectivity index (χ1v) is 3.95. The van der Waals surface area contributed by atoms with Gasteiger partial charge in [-0.3, -0.25) is 0 Å². The molecule has 1 aliphatic heterocycles. The Labute approximate surface area is 75.3 Å². The summed E-state index contributed by atoms with van der Waals surface area (Å²) in [5.41, 5.74) is 0. The first kappa shape index (κ1) is 10.8. The van der Waals surface area contributed by atoms with Crippen molar-refractivity contribution in [1.29, 1.82) is 0 Å². The van der Waals surface area contributed by atoms with Crippen LogP contribution in [-0.4, -0.2) is 64.8 Å². The van der Waals surface area contributed by atoms with Gasteiger partial charge in [-0.15, -0.1) is 0 Å². The van der Waals surface area contributed by atoms with E-state index in [1.165, 1.54) is 7.11 Å². The Bertz CT molecular complexity index is 143. The molecule has 0 spiro atoms. The van der Waals surface area contributed by atoms with Crippen molar-refractivity contribution in [3.8, 4) is 0 Å². The number of aliphatic hydroxyl groups excluding tert-OH is 4. The second-order valence-corrected chi connectivity index (χ2v) is 2.93. The molecule has 6 nitrogen and oxygen atoms in total. The predicted octanol–water partition coefficient (Wildman–Crippen LogP) is -2.57. The monoisotopic (exact) mass is 194 g/mol. The zero-order valence-electron chi connectivity index (χ0n) is 7.20. The average molecular weight is 194 g/mol. The number of hydrogen-bond acceptors (Lipinski definition) is 6. The van der Waals surface area contributed by atoms with Crippen molar-refractivity contribution in [2.45, 2.75) is 30.7 Å². The van der Waals surface area contributed by atoms with Gasteiger partial charge < -0.3 is 29.9 Å². The topological polar surface area (TPSA) is 99.4 Å². The molecule has 0 bridgehead atoms. The average Bonchev–Trinajstić information content (AvgIpc) is 2.15. The van der Waals surface area contributed by atoms with E-state index in [-0.39, 0.29) is 0 Å². The normalized spacial score (nSPS) is 46.4. The van der Waals surface area contributed by atoms with Crippen LogP contribution in [0.3, 0.4) is 0 Å². The Balaban J connectivity index is 2.66. The summed E-state index contributed by atoms with van der Waals surface area (Å²) in [6, 6.07) is 0. The maximum Gasteiger partial charge on any atom is 0.186 e. The van der Waals surface area contributed by atoms with Crippen molar-refractivity contribution < 1.29 is 29.9 Å². The first-order valence-electron chi connectivity index (χ1n) is 3.95. The van der Waals surface area contributed by atoms with Gasteiger partial charge in [-0.1, -0.05) is 0 Å². The molecule has 0 radical (unpaired) electrons. The van der Waals surface area contributed by atoms with Crippen LogP contribution in [0.25, 0.3) is 0 Å². The molecule has 0 aromatic rings. The third-order valence-electron chi connectivity index (χ3n) is 2.08. The van der Waals surface area contributed by atoms with E-state index in [2.05, 4.69) is 0 Å². The molecule has 0 aliphatic carbocycles. The fourth-order valence-corrected chi connectivity index (χ4v) is 1.26. The quantitative estimate of drug-likeness (QED) is 0.386. The molecule has 6 heteroatoms. The lowest BCUT2D eigenvalue weighted by atomic mass is 9.99. The van der Waals surface area contributed by atoms with Crippen molar-refractivity contribution in [3.63, 3.8) is 0 Å². The molecule has 13 heavy (non-hydrogen) atoms. The summed E-state index contributed by atoms with van der Waals surface area (Å²) in [6.07, 6.45) is -5.91. The van der Waals surface area contributed by atoms with Crippen molar-refractivity contribution >= 4 is 0 Å².